The monoisotopic (exact) mass is 373 g/mol. The van der Waals surface area contributed by atoms with Crippen LogP contribution in [0.2, 0.25) is 5.02 Å². The molecule has 2 atom stereocenters. The van der Waals surface area contributed by atoms with Crippen molar-refractivity contribution >= 4 is 17.5 Å². The van der Waals surface area contributed by atoms with Gasteiger partial charge in [0.05, 0.1) is 5.56 Å². The second kappa shape index (κ2) is 7.33. The van der Waals surface area contributed by atoms with E-state index >= 15 is 0 Å². The Morgan fingerprint density at radius 3 is 2.88 bits per heavy atom. The molecule has 3 aliphatic rings. The number of carbonyl (C=O) groups is 1. The number of hydrogen-bond acceptors (Lipinski definition) is 3. The first-order valence-corrected chi connectivity index (χ1v) is 9.35. The molecule has 4 nitrogen and oxygen atoms in total. The van der Waals surface area contributed by atoms with Crippen LogP contribution in [-0.2, 0) is 6.54 Å². The van der Waals surface area contributed by atoms with Gasteiger partial charge in [-0.3, -0.25) is 14.7 Å². The van der Waals surface area contributed by atoms with E-state index in [1.807, 2.05) is 11.0 Å². The maximum Gasteiger partial charge on any atom is 0.255 e. The van der Waals surface area contributed by atoms with Crippen LogP contribution in [0.1, 0.15) is 28.8 Å². The molecule has 1 aromatic carbocycles. The van der Waals surface area contributed by atoms with Crippen LogP contribution in [0.5, 0.6) is 0 Å². The lowest BCUT2D eigenvalue weighted by Crippen LogP contribution is -2.44. The topological polar surface area (TPSA) is 36.4 Å². The second-order valence-corrected chi connectivity index (χ2v) is 7.62. The molecule has 0 unspecified atom stereocenters. The largest absolute Gasteiger partial charge is 0.337 e. The number of pyridine rings is 1. The molecule has 2 aromatic rings. The van der Waals surface area contributed by atoms with Gasteiger partial charge >= 0.3 is 0 Å². The van der Waals surface area contributed by atoms with Gasteiger partial charge < -0.3 is 4.90 Å². The summed E-state index contributed by atoms with van der Waals surface area (Å²) in [6, 6.07) is 8.49. The Balaban J connectivity index is 1.50. The normalized spacial score (nSPS) is 23.1. The maximum absolute atomic E-state index is 13.3. The highest BCUT2D eigenvalue weighted by molar-refractivity contribution is 6.31. The van der Waals surface area contributed by atoms with E-state index in [-0.39, 0.29) is 11.7 Å². The lowest BCUT2D eigenvalue weighted by molar-refractivity contribution is 0.0735. The molecule has 0 spiro atoms. The van der Waals surface area contributed by atoms with E-state index in [9.17, 15) is 9.18 Å². The van der Waals surface area contributed by atoms with Gasteiger partial charge in [0.25, 0.3) is 5.91 Å². The van der Waals surface area contributed by atoms with Gasteiger partial charge in [-0.25, -0.2) is 4.39 Å². The summed E-state index contributed by atoms with van der Waals surface area (Å²) in [6.07, 6.45) is 5.51. The molecule has 136 valence electrons. The van der Waals surface area contributed by atoms with Crippen LogP contribution in [0.25, 0.3) is 0 Å². The molecule has 3 saturated heterocycles. The molecule has 6 heteroatoms. The Morgan fingerprint density at radius 1 is 1.23 bits per heavy atom. The molecule has 4 heterocycles. The van der Waals surface area contributed by atoms with E-state index in [2.05, 4.69) is 9.88 Å². The molecule has 1 aromatic heterocycles. The molecule has 26 heavy (non-hydrogen) atoms. The molecule has 1 amide bonds. The third-order valence-corrected chi connectivity index (χ3v) is 5.76. The van der Waals surface area contributed by atoms with E-state index in [0.717, 1.165) is 31.5 Å². The first kappa shape index (κ1) is 17.4. The molecule has 0 radical (unpaired) electrons. The number of benzene rings is 1. The Bertz CT molecular complexity index is 801. The highest BCUT2D eigenvalue weighted by atomic mass is 35.5. The molecular formula is C20H21ClFN3O. The molecule has 5 rings (SSSR count). The average molecular weight is 374 g/mol. The van der Waals surface area contributed by atoms with Crippen molar-refractivity contribution in [3.8, 4) is 0 Å². The Hall–Kier alpha value is -1.98. The van der Waals surface area contributed by atoms with Gasteiger partial charge in [0, 0.05) is 49.6 Å². The summed E-state index contributed by atoms with van der Waals surface area (Å²) in [5, 5.41) is 0.466. The standard InChI is InChI=1S/C20H21ClFN3O/c21-19-8-17(22)5-4-16(19)12-24-10-14-3-6-18(24)13-25(11-14)20(26)15-2-1-7-23-9-15/h1-2,4-5,7-9,14,18H,3,6,10-13H2/t14-,18-/m1/s1. The lowest BCUT2D eigenvalue weighted by atomic mass is 9.94. The summed E-state index contributed by atoms with van der Waals surface area (Å²) in [6.45, 7) is 3.12. The van der Waals surface area contributed by atoms with E-state index in [1.54, 1.807) is 24.5 Å². The first-order chi connectivity index (χ1) is 12.6. The van der Waals surface area contributed by atoms with E-state index < -0.39 is 0 Å². The van der Waals surface area contributed by atoms with Crippen molar-refractivity contribution in [1.29, 1.82) is 0 Å². The molecule has 3 aliphatic heterocycles. The predicted octanol–water partition coefficient (Wildman–Crippen LogP) is 3.61. The van der Waals surface area contributed by atoms with Crippen molar-refractivity contribution in [1.82, 2.24) is 14.8 Å². The summed E-state index contributed by atoms with van der Waals surface area (Å²) in [7, 11) is 0. The average Bonchev–Trinajstić information content (AvgIpc) is 2.96. The van der Waals surface area contributed by atoms with Crippen LogP contribution in [0, 0.1) is 11.7 Å². The quantitative estimate of drug-likeness (QED) is 0.824. The lowest BCUT2D eigenvalue weighted by Gasteiger charge is -2.36. The summed E-state index contributed by atoms with van der Waals surface area (Å²) in [5.41, 5.74) is 1.58. The molecule has 0 aliphatic carbocycles. The highest BCUT2D eigenvalue weighted by Gasteiger charge is 2.36. The molecular weight excluding hydrogens is 353 g/mol. The smallest absolute Gasteiger partial charge is 0.255 e. The van der Waals surface area contributed by atoms with Crippen LogP contribution >= 0.6 is 11.6 Å². The van der Waals surface area contributed by atoms with Gasteiger partial charge in [-0.15, -0.1) is 0 Å². The molecule has 0 N–H and O–H groups in total. The van der Waals surface area contributed by atoms with Crippen molar-refractivity contribution in [2.24, 2.45) is 5.92 Å². The van der Waals surface area contributed by atoms with E-state index in [0.29, 0.717) is 35.6 Å². The Kier molecular flexibility index (Phi) is 4.92. The fourth-order valence-corrected chi connectivity index (χ4v) is 4.31. The minimum atomic E-state index is -0.315. The number of hydrogen-bond donors (Lipinski definition) is 0. The SMILES string of the molecule is O=C(c1cccnc1)N1C[C@@H]2CC[C@H](C1)N(Cc1ccc(F)cc1Cl)C2. The highest BCUT2D eigenvalue weighted by Crippen LogP contribution is 2.31. The number of aromatic nitrogens is 1. The molecule has 2 bridgehead atoms. The number of rotatable bonds is 3. The number of carbonyl (C=O) groups excluding carboxylic acids is 1. The zero-order valence-corrected chi connectivity index (χ0v) is 15.2. The Labute approximate surface area is 157 Å². The van der Waals surface area contributed by atoms with Gasteiger partial charge in [0.15, 0.2) is 0 Å². The fourth-order valence-electron chi connectivity index (χ4n) is 4.08. The number of fused-ring (bicyclic) bond motifs is 4. The van der Waals surface area contributed by atoms with Crippen molar-refractivity contribution in [2.75, 3.05) is 19.6 Å². The van der Waals surface area contributed by atoms with Gasteiger partial charge in [-0.1, -0.05) is 17.7 Å². The van der Waals surface area contributed by atoms with Gasteiger partial charge in [0.2, 0.25) is 0 Å². The first-order valence-electron chi connectivity index (χ1n) is 8.97. The Morgan fingerprint density at radius 2 is 2.12 bits per heavy atom. The van der Waals surface area contributed by atoms with Crippen LogP contribution in [0.3, 0.4) is 0 Å². The minimum absolute atomic E-state index is 0.0525. The predicted molar refractivity (Wildman–Crippen MR) is 98.5 cm³/mol. The van der Waals surface area contributed by atoms with Crippen LogP contribution < -0.4 is 0 Å². The second-order valence-electron chi connectivity index (χ2n) is 7.21. The number of halogens is 2. The fraction of sp³-hybridized carbons (Fsp3) is 0.400. The zero-order chi connectivity index (χ0) is 18.1. The van der Waals surface area contributed by atoms with Gasteiger partial charge in [-0.2, -0.15) is 0 Å². The van der Waals surface area contributed by atoms with Crippen LogP contribution in [0.4, 0.5) is 4.39 Å². The number of piperidine rings is 1. The zero-order valence-electron chi connectivity index (χ0n) is 14.4. The van der Waals surface area contributed by atoms with Gasteiger partial charge in [0.1, 0.15) is 5.82 Å². The van der Waals surface area contributed by atoms with Crippen molar-refractivity contribution in [2.45, 2.75) is 25.4 Å². The van der Waals surface area contributed by atoms with E-state index in [1.165, 1.54) is 12.1 Å². The minimum Gasteiger partial charge on any atom is -0.337 e. The van der Waals surface area contributed by atoms with E-state index in [4.69, 9.17) is 11.6 Å². The summed E-state index contributed by atoms with van der Waals surface area (Å²) < 4.78 is 13.3. The van der Waals surface area contributed by atoms with Crippen LogP contribution in [-0.4, -0.2) is 46.4 Å². The van der Waals surface area contributed by atoms with Crippen LogP contribution in [0.15, 0.2) is 42.7 Å². The molecule has 3 fully saturated rings. The van der Waals surface area contributed by atoms with Crippen molar-refractivity contribution in [3.63, 3.8) is 0 Å². The van der Waals surface area contributed by atoms with Crippen molar-refractivity contribution < 1.29 is 9.18 Å². The third-order valence-electron chi connectivity index (χ3n) is 5.41. The number of nitrogens with zero attached hydrogens (tertiary/aromatic N) is 3. The summed E-state index contributed by atoms with van der Waals surface area (Å²) in [4.78, 5) is 21.3. The maximum atomic E-state index is 13.3. The third kappa shape index (κ3) is 3.60. The van der Waals surface area contributed by atoms with Crippen molar-refractivity contribution in [3.05, 3.63) is 64.7 Å². The molecule has 0 saturated carbocycles. The number of amides is 1. The summed E-state index contributed by atoms with van der Waals surface area (Å²) >= 11 is 6.21. The van der Waals surface area contributed by atoms with Gasteiger partial charge in [-0.05, 0) is 48.6 Å². The summed E-state index contributed by atoms with van der Waals surface area (Å²) in [5.74, 6) is 0.189.